The molecule has 3 nitrogen and oxygen atoms in total. The highest BCUT2D eigenvalue weighted by atomic mass is 32.2. The molecule has 7 heteroatoms. The first-order valence-corrected chi connectivity index (χ1v) is 9.88. The van der Waals surface area contributed by atoms with E-state index >= 15 is 0 Å². The summed E-state index contributed by atoms with van der Waals surface area (Å²) in [6, 6.07) is 4.20. The number of halogens is 3. The molecule has 148 valence electrons. The first kappa shape index (κ1) is 21.4. The quantitative estimate of drug-likeness (QED) is 0.615. The molecule has 1 aromatic carbocycles. The van der Waals surface area contributed by atoms with Crippen molar-refractivity contribution in [2.75, 3.05) is 12.3 Å². The molecule has 0 radical (unpaired) electrons. The monoisotopic (exact) mass is 399 g/mol. The van der Waals surface area contributed by atoms with Gasteiger partial charge in [-0.25, -0.2) is 18.0 Å². The molecule has 1 atom stereocenters. The van der Waals surface area contributed by atoms with Gasteiger partial charge in [0.2, 0.25) is 0 Å². The van der Waals surface area contributed by atoms with E-state index in [2.05, 4.69) is 13.8 Å². The van der Waals surface area contributed by atoms with E-state index in [1.807, 2.05) is 11.1 Å². The van der Waals surface area contributed by atoms with Gasteiger partial charge in [0, 0.05) is 30.5 Å². The van der Waals surface area contributed by atoms with E-state index in [0.717, 1.165) is 30.7 Å². The highest BCUT2D eigenvalue weighted by molar-refractivity contribution is 8.00. The SMILES string of the molecule is CC(C)CCN1C=CC=C(C(=O)O)C1SCCC(F)(F)c1ccc(F)cc1. The Hall–Kier alpha value is -1.89. The fourth-order valence-corrected chi connectivity index (χ4v) is 4.02. The van der Waals surface area contributed by atoms with Crippen LogP contribution in [0, 0.1) is 11.7 Å². The summed E-state index contributed by atoms with van der Waals surface area (Å²) in [5, 5.41) is 8.94. The second-order valence-corrected chi connectivity index (χ2v) is 8.06. The van der Waals surface area contributed by atoms with E-state index in [4.69, 9.17) is 0 Å². The van der Waals surface area contributed by atoms with Crippen molar-refractivity contribution in [2.45, 2.75) is 38.0 Å². The number of nitrogens with zero attached hydrogens (tertiary/aromatic N) is 1. The van der Waals surface area contributed by atoms with Crippen LogP contribution in [0.1, 0.15) is 32.3 Å². The van der Waals surface area contributed by atoms with Gasteiger partial charge in [-0.1, -0.05) is 26.0 Å². The molecule has 0 spiro atoms. The molecule has 1 heterocycles. The number of alkyl halides is 2. The van der Waals surface area contributed by atoms with Crippen LogP contribution >= 0.6 is 11.8 Å². The summed E-state index contributed by atoms with van der Waals surface area (Å²) in [5.74, 6) is -4.18. The largest absolute Gasteiger partial charge is 0.478 e. The summed E-state index contributed by atoms with van der Waals surface area (Å²) in [5.41, 5.74) is -0.0462. The molecule has 0 aliphatic carbocycles. The van der Waals surface area contributed by atoms with E-state index in [1.54, 1.807) is 6.08 Å². The Bertz CT molecular complexity index is 702. The number of hydrogen-bond acceptors (Lipinski definition) is 3. The predicted octanol–water partition coefficient (Wildman–Crippen LogP) is 5.25. The summed E-state index contributed by atoms with van der Waals surface area (Å²) in [7, 11) is 0. The molecule has 27 heavy (non-hydrogen) atoms. The lowest BCUT2D eigenvalue weighted by molar-refractivity contribution is -0.133. The van der Waals surface area contributed by atoms with Gasteiger partial charge in [-0.3, -0.25) is 0 Å². The van der Waals surface area contributed by atoms with Crippen molar-refractivity contribution in [3.8, 4) is 0 Å². The third kappa shape index (κ3) is 6.06. The topological polar surface area (TPSA) is 40.5 Å². The zero-order chi connectivity index (χ0) is 20.0. The van der Waals surface area contributed by atoms with Gasteiger partial charge in [0.15, 0.2) is 0 Å². The van der Waals surface area contributed by atoms with Gasteiger partial charge in [-0.15, -0.1) is 11.8 Å². The number of allylic oxidation sites excluding steroid dienone is 2. The highest BCUT2D eigenvalue weighted by Crippen LogP contribution is 2.35. The van der Waals surface area contributed by atoms with E-state index in [9.17, 15) is 23.1 Å². The number of hydrogen-bond donors (Lipinski definition) is 1. The smallest absolute Gasteiger partial charge is 0.334 e. The number of carboxylic acid groups (broad SMARTS) is 1. The number of benzene rings is 1. The van der Waals surface area contributed by atoms with Gasteiger partial charge in [-0.2, -0.15) is 0 Å². The average molecular weight is 399 g/mol. The summed E-state index contributed by atoms with van der Waals surface area (Å²) < 4.78 is 41.6. The molecule has 0 aromatic heterocycles. The van der Waals surface area contributed by atoms with Crippen LogP contribution in [0.5, 0.6) is 0 Å². The first-order valence-electron chi connectivity index (χ1n) is 8.83. The molecule has 1 N–H and O–H groups in total. The molecule has 0 bridgehead atoms. The van der Waals surface area contributed by atoms with Gasteiger partial charge in [0.25, 0.3) is 5.92 Å². The van der Waals surface area contributed by atoms with Crippen LogP contribution in [-0.2, 0) is 10.7 Å². The summed E-state index contributed by atoms with van der Waals surface area (Å²) in [4.78, 5) is 13.4. The fraction of sp³-hybridized carbons (Fsp3) is 0.450. The molecule has 0 saturated carbocycles. The molecule has 0 amide bonds. The number of carbonyl (C=O) groups is 1. The van der Waals surface area contributed by atoms with Gasteiger partial charge in [0.1, 0.15) is 11.2 Å². The molecule has 1 aliphatic rings. The minimum Gasteiger partial charge on any atom is -0.478 e. The Morgan fingerprint density at radius 1 is 1.30 bits per heavy atom. The molecule has 1 aromatic rings. The molecule has 0 saturated heterocycles. The average Bonchev–Trinajstić information content (AvgIpc) is 2.60. The number of rotatable bonds is 9. The minimum atomic E-state index is -3.10. The van der Waals surface area contributed by atoms with Crippen molar-refractivity contribution >= 4 is 17.7 Å². The van der Waals surface area contributed by atoms with Gasteiger partial charge in [-0.05, 0) is 36.6 Å². The Morgan fingerprint density at radius 2 is 1.96 bits per heavy atom. The summed E-state index contributed by atoms with van der Waals surface area (Å²) in [6.45, 7) is 4.81. The third-order valence-corrected chi connectivity index (χ3v) is 5.57. The fourth-order valence-electron chi connectivity index (χ4n) is 2.69. The van der Waals surface area contributed by atoms with Crippen molar-refractivity contribution < 1.29 is 23.1 Å². The Kier molecular flexibility index (Phi) is 7.41. The lowest BCUT2D eigenvalue weighted by Crippen LogP contribution is -2.36. The van der Waals surface area contributed by atoms with Crippen molar-refractivity contribution in [3.05, 3.63) is 59.6 Å². The maximum Gasteiger partial charge on any atom is 0.334 e. The standard InChI is InChI=1S/C20H24F3NO2S/c1-14(2)9-12-24-11-3-4-17(19(25)26)18(24)27-13-10-20(22,23)15-5-7-16(21)8-6-15/h3-8,11,14,18H,9-10,12-13H2,1-2H3,(H,25,26). The van der Waals surface area contributed by atoms with Crippen LogP contribution in [0.4, 0.5) is 13.2 Å². The van der Waals surface area contributed by atoms with Gasteiger partial charge >= 0.3 is 5.97 Å². The van der Waals surface area contributed by atoms with Crippen LogP contribution in [0.15, 0.2) is 48.2 Å². The molecular formula is C20H24F3NO2S. The third-order valence-electron chi connectivity index (χ3n) is 4.29. The lowest BCUT2D eigenvalue weighted by atomic mass is 10.1. The zero-order valence-electron chi connectivity index (χ0n) is 15.4. The maximum atomic E-state index is 14.4. The summed E-state index contributed by atoms with van der Waals surface area (Å²) >= 11 is 1.19. The normalized spacial score (nSPS) is 17.3. The van der Waals surface area contributed by atoms with Crippen LogP contribution in [0.25, 0.3) is 0 Å². The Morgan fingerprint density at radius 3 is 2.56 bits per heavy atom. The van der Waals surface area contributed by atoms with Crippen molar-refractivity contribution in [3.63, 3.8) is 0 Å². The van der Waals surface area contributed by atoms with E-state index in [-0.39, 0.29) is 16.9 Å². The zero-order valence-corrected chi connectivity index (χ0v) is 16.2. The molecule has 2 rings (SSSR count). The molecule has 1 aliphatic heterocycles. The van der Waals surface area contributed by atoms with Crippen molar-refractivity contribution in [1.82, 2.24) is 4.90 Å². The molecule has 0 fully saturated rings. The number of carboxylic acids is 1. The van der Waals surface area contributed by atoms with Gasteiger partial charge < -0.3 is 10.0 Å². The first-order chi connectivity index (χ1) is 12.7. The van der Waals surface area contributed by atoms with E-state index in [0.29, 0.717) is 12.5 Å². The number of thioether (sulfide) groups is 1. The van der Waals surface area contributed by atoms with E-state index in [1.165, 1.54) is 17.8 Å². The Labute approximate surface area is 161 Å². The minimum absolute atomic E-state index is 0.0751. The lowest BCUT2D eigenvalue weighted by Gasteiger charge is -2.33. The van der Waals surface area contributed by atoms with Crippen LogP contribution < -0.4 is 0 Å². The van der Waals surface area contributed by atoms with Gasteiger partial charge in [0.05, 0.1) is 5.57 Å². The second-order valence-electron chi connectivity index (χ2n) is 6.87. The molecule has 1 unspecified atom stereocenters. The van der Waals surface area contributed by atoms with Crippen LogP contribution in [0.2, 0.25) is 0 Å². The predicted molar refractivity (Wildman–Crippen MR) is 102 cm³/mol. The van der Waals surface area contributed by atoms with E-state index < -0.39 is 29.5 Å². The highest BCUT2D eigenvalue weighted by Gasteiger charge is 2.33. The van der Waals surface area contributed by atoms with Crippen molar-refractivity contribution in [1.29, 1.82) is 0 Å². The summed E-state index contributed by atoms with van der Waals surface area (Å²) in [6.07, 6.45) is 5.43. The van der Waals surface area contributed by atoms with Crippen LogP contribution in [-0.4, -0.2) is 33.6 Å². The maximum absolute atomic E-state index is 14.4. The Balaban J connectivity index is 2.02. The van der Waals surface area contributed by atoms with Crippen molar-refractivity contribution in [2.24, 2.45) is 5.92 Å². The van der Waals surface area contributed by atoms with Crippen LogP contribution in [0.3, 0.4) is 0 Å². The number of aliphatic carboxylic acids is 1. The molecular weight excluding hydrogens is 375 g/mol. The second kappa shape index (κ2) is 9.35.